The second-order valence-electron chi connectivity index (χ2n) is 5.15. The summed E-state index contributed by atoms with van der Waals surface area (Å²) in [5.41, 5.74) is 2.42. The molecule has 3 heteroatoms. The van der Waals surface area contributed by atoms with Crippen LogP contribution in [0.2, 0.25) is 0 Å². The van der Waals surface area contributed by atoms with Crippen molar-refractivity contribution in [1.82, 2.24) is 4.90 Å². The summed E-state index contributed by atoms with van der Waals surface area (Å²) in [5.74, 6) is 0.880. The largest absolute Gasteiger partial charge is 0.491 e. The zero-order chi connectivity index (χ0) is 14.9. The summed E-state index contributed by atoms with van der Waals surface area (Å²) >= 11 is 0. The maximum absolute atomic E-state index is 5.67. The van der Waals surface area contributed by atoms with E-state index in [-0.39, 0.29) is 0 Å². The van der Waals surface area contributed by atoms with Crippen molar-refractivity contribution in [2.75, 3.05) is 40.5 Å². The van der Waals surface area contributed by atoms with Gasteiger partial charge in [-0.15, -0.1) is 0 Å². The van der Waals surface area contributed by atoms with Crippen molar-refractivity contribution in [2.45, 2.75) is 0 Å². The molecule has 0 fully saturated rings. The molecule has 0 aliphatic rings. The molecule has 0 N–H and O–H groups in total. The third-order valence-corrected chi connectivity index (χ3v) is 3.14. The topological polar surface area (TPSA) is 21.7 Å². The van der Waals surface area contributed by atoms with Crippen LogP contribution >= 0.6 is 0 Å². The minimum Gasteiger partial charge on any atom is -0.491 e. The Morgan fingerprint density at radius 1 is 0.762 bits per heavy atom. The van der Waals surface area contributed by atoms with Crippen molar-refractivity contribution >= 4 is 0 Å². The number of nitrogens with zero attached hydrogens (tertiary/aromatic N) is 1. The number of likely N-dealkylation sites (N-methyl/N-ethyl adjacent to an activating group) is 1. The Morgan fingerprint density at radius 2 is 1.43 bits per heavy atom. The van der Waals surface area contributed by atoms with Crippen molar-refractivity contribution in [3.05, 3.63) is 54.6 Å². The summed E-state index contributed by atoms with van der Waals surface area (Å²) in [5, 5.41) is 0. The normalized spacial score (nSPS) is 10.8. The predicted octanol–water partition coefficient (Wildman–Crippen LogP) is 3.31. The fraction of sp³-hybridized carbons (Fsp3) is 0.333. The average Bonchev–Trinajstić information content (AvgIpc) is 2.52. The van der Waals surface area contributed by atoms with E-state index in [9.17, 15) is 0 Å². The fourth-order valence-corrected chi connectivity index (χ4v) is 1.94. The van der Waals surface area contributed by atoms with Gasteiger partial charge in [0, 0.05) is 6.54 Å². The van der Waals surface area contributed by atoms with Gasteiger partial charge in [-0.1, -0.05) is 42.5 Å². The fourth-order valence-electron chi connectivity index (χ4n) is 1.94. The van der Waals surface area contributed by atoms with Gasteiger partial charge in [0.05, 0.1) is 13.2 Å². The second kappa shape index (κ2) is 8.45. The standard InChI is InChI=1S/C18H23NO2/c1-19(2)12-13-20-14-15-21-18-10-8-17(9-11-18)16-6-4-3-5-7-16/h3-11H,12-15H2,1-2H3. The highest BCUT2D eigenvalue weighted by molar-refractivity contribution is 5.63. The molecule has 21 heavy (non-hydrogen) atoms. The molecular formula is C18H23NO2. The van der Waals surface area contributed by atoms with Crippen LogP contribution in [0, 0.1) is 0 Å². The molecule has 0 aliphatic heterocycles. The molecule has 3 nitrogen and oxygen atoms in total. The maximum Gasteiger partial charge on any atom is 0.119 e. The molecule has 0 aromatic heterocycles. The molecule has 0 saturated carbocycles. The van der Waals surface area contributed by atoms with Crippen molar-refractivity contribution in [1.29, 1.82) is 0 Å². The van der Waals surface area contributed by atoms with E-state index in [1.165, 1.54) is 11.1 Å². The quantitative estimate of drug-likeness (QED) is 0.695. The molecule has 0 saturated heterocycles. The van der Waals surface area contributed by atoms with Crippen LogP contribution in [0.3, 0.4) is 0 Å². The molecule has 2 aromatic carbocycles. The lowest BCUT2D eigenvalue weighted by Gasteiger charge is -2.11. The first-order chi connectivity index (χ1) is 10.3. The van der Waals surface area contributed by atoms with Crippen LogP contribution in [0.25, 0.3) is 11.1 Å². The first kappa shape index (κ1) is 15.5. The van der Waals surface area contributed by atoms with Gasteiger partial charge in [0.1, 0.15) is 12.4 Å². The Labute approximate surface area is 127 Å². The van der Waals surface area contributed by atoms with Crippen LogP contribution < -0.4 is 4.74 Å². The molecular weight excluding hydrogens is 262 g/mol. The van der Waals surface area contributed by atoms with Gasteiger partial charge in [-0.05, 0) is 37.4 Å². The third kappa shape index (κ3) is 5.58. The minimum atomic E-state index is 0.581. The first-order valence-electron chi connectivity index (χ1n) is 7.26. The van der Waals surface area contributed by atoms with Gasteiger partial charge in [-0.2, -0.15) is 0 Å². The summed E-state index contributed by atoms with van der Waals surface area (Å²) in [4.78, 5) is 2.10. The van der Waals surface area contributed by atoms with E-state index >= 15 is 0 Å². The first-order valence-corrected chi connectivity index (χ1v) is 7.26. The number of hydrogen-bond donors (Lipinski definition) is 0. The molecule has 112 valence electrons. The van der Waals surface area contributed by atoms with Gasteiger partial charge < -0.3 is 14.4 Å². The highest BCUT2D eigenvalue weighted by Gasteiger charge is 1.98. The second-order valence-corrected chi connectivity index (χ2v) is 5.15. The van der Waals surface area contributed by atoms with Crippen molar-refractivity contribution in [3.63, 3.8) is 0 Å². The Balaban J connectivity index is 1.73. The van der Waals surface area contributed by atoms with Crippen molar-refractivity contribution in [3.8, 4) is 16.9 Å². The lowest BCUT2D eigenvalue weighted by atomic mass is 10.1. The number of hydrogen-bond acceptors (Lipinski definition) is 3. The van der Waals surface area contributed by atoms with Crippen molar-refractivity contribution in [2.24, 2.45) is 0 Å². The van der Waals surface area contributed by atoms with E-state index in [1.54, 1.807) is 0 Å². The predicted molar refractivity (Wildman–Crippen MR) is 86.7 cm³/mol. The van der Waals surface area contributed by atoms with Gasteiger partial charge >= 0.3 is 0 Å². The van der Waals surface area contributed by atoms with Gasteiger partial charge in [-0.25, -0.2) is 0 Å². The van der Waals surface area contributed by atoms with Gasteiger partial charge in [0.15, 0.2) is 0 Å². The lowest BCUT2D eigenvalue weighted by molar-refractivity contribution is 0.0890. The summed E-state index contributed by atoms with van der Waals surface area (Å²) < 4.78 is 11.2. The highest BCUT2D eigenvalue weighted by Crippen LogP contribution is 2.21. The SMILES string of the molecule is CN(C)CCOCCOc1ccc(-c2ccccc2)cc1. The lowest BCUT2D eigenvalue weighted by Crippen LogP contribution is -2.19. The molecule has 0 radical (unpaired) electrons. The van der Waals surface area contributed by atoms with Crippen LogP contribution in [-0.2, 0) is 4.74 Å². The number of rotatable bonds is 8. The van der Waals surface area contributed by atoms with Crippen LogP contribution in [0.4, 0.5) is 0 Å². The van der Waals surface area contributed by atoms with Crippen LogP contribution in [-0.4, -0.2) is 45.4 Å². The molecule has 2 aromatic rings. The smallest absolute Gasteiger partial charge is 0.119 e. The zero-order valence-corrected chi connectivity index (χ0v) is 12.8. The van der Waals surface area contributed by atoms with E-state index in [2.05, 4.69) is 29.2 Å². The van der Waals surface area contributed by atoms with Crippen LogP contribution in [0.15, 0.2) is 54.6 Å². The Morgan fingerprint density at radius 3 is 2.10 bits per heavy atom. The Bertz CT molecular complexity index is 509. The summed E-state index contributed by atoms with van der Waals surface area (Å²) in [6.07, 6.45) is 0. The van der Waals surface area contributed by atoms with Crippen molar-refractivity contribution < 1.29 is 9.47 Å². The Kier molecular flexibility index (Phi) is 6.25. The minimum absolute atomic E-state index is 0.581. The van der Waals surface area contributed by atoms with E-state index in [4.69, 9.17) is 9.47 Å². The van der Waals surface area contributed by atoms with Gasteiger partial charge in [0.2, 0.25) is 0 Å². The number of benzene rings is 2. The highest BCUT2D eigenvalue weighted by atomic mass is 16.5. The number of ether oxygens (including phenoxy) is 2. The molecule has 0 heterocycles. The summed E-state index contributed by atoms with van der Waals surface area (Å²) in [6.45, 7) is 2.88. The summed E-state index contributed by atoms with van der Waals surface area (Å²) in [7, 11) is 4.07. The van der Waals surface area contributed by atoms with Crippen LogP contribution in [0.1, 0.15) is 0 Å². The summed E-state index contributed by atoms with van der Waals surface area (Å²) in [6, 6.07) is 18.5. The van der Waals surface area contributed by atoms with Crippen LogP contribution in [0.5, 0.6) is 5.75 Å². The van der Waals surface area contributed by atoms with E-state index in [0.29, 0.717) is 13.2 Å². The molecule has 0 amide bonds. The van der Waals surface area contributed by atoms with E-state index in [0.717, 1.165) is 18.9 Å². The van der Waals surface area contributed by atoms with E-state index in [1.807, 2.05) is 44.4 Å². The average molecular weight is 285 g/mol. The van der Waals surface area contributed by atoms with Gasteiger partial charge in [-0.3, -0.25) is 0 Å². The monoisotopic (exact) mass is 285 g/mol. The Hall–Kier alpha value is -1.84. The van der Waals surface area contributed by atoms with Gasteiger partial charge in [0.25, 0.3) is 0 Å². The molecule has 0 aliphatic carbocycles. The molecule has 0 atom stereocenters. The van der Waals surface area contributed by atoms with E-state index < -0.39 is 0 Å². The molecule has 2 rings (SSSR count). The zero-order valence-electron chi connectivity index (χ0n) is 12.8. The third-order valence-electron chi connectivity index (χ3n) is 3.14. The maximum atomic E-state index is 5.67. The molecule has 0 spiro atoms. The molecule has 0 unspecified atom stereocenters. The molecule has 0 bridgehead atoms.